The molecular formula is C12H24O2S2. The zero-order chi connectivity index (χ0) is 12.2. The molecule has 0 amide bonds. The second kappa shape index (κ2) is 11.6. The van der Waals surface area contributed by atoms with E-state index in [0.29, 0.717) is 11.7 Å². The molecule has 0 saturated heterocycles. The van der Waals surface area contributed by atoms with Crippen LogP contribution in [-0.4, -0.2) is 28.3 Å². The van der Waals surface area contributed by atoms with Crippen molar-refractivity contribution in [2.45, 2.75) is 56.6 Å². The predicted octanol–water partition coefficient (Wildman–Crippen LogP) is 3.85. The molecule has 0 radical (unpaired) electrons. The van der Waals surface area contributed by atoms with E-state index in [1.165, 1.54) is 31.4 Å². The molecule has 0 aliphatic heterocycles. The fraction of sp³-hybridized carbons (Fsp3) is 0.917. The van der Waals surface area contributed by atoms with Crippen LogP contribution in [0.2, 0.25) is 0 Å². The Labute approximate surface area is 109 Å². The molecule has 0 bridgehead atoms. The minimum absolute atomic E-state index is 0.300. The monoisotopic (exact) mass is 264 g/mol. The van der Waals surface area contributed by atoms with Crippen molar-refractivity contribution in [2.75, 3.05) is 12.0 Å². The highest BCUT2D eigenvalue weighted by molar-refractivity contribution is 7.98. The van der Waals surface area contributed by atoms with E-state index in [1.807, 2.05) is 11.8 Å². The Morgan fingerprint density at radius 2 is 1.81 bits per heavy atom. The van der Waals surface area contributed by atoms with E-state index in [4.69, 9.17) is 5.11 Å². The summed E-state index contributed by atoms with van der Waals surface area (Å²) in [5.41, 5.74) is 0. The fourth-order valence-corrected chi connectivity index (χ4v) is 2.46. The lowest BCUT2D eigenvalue weighted by atomic mass is 10.1. The van der Waals surface area contributed by atoms with Gasteiger partial charge in [0.25, 0.3) is 0 Å². The van der Waals surface area contributed by atoms with Gasteiger partial charge in [-0.2, -0.15) is 24.4 Å². The number of carboxylic acids is 1. The minimum Gasteiger partial charge on any atom is -0.481 e. The Bertz CT molecular complexity index is 174. The molecule has 0 rings (SSSR count). The molecular weight excluding hydrogens is 240 g/mol. The van der Waals surface area contributed by atoms with E-state index in [1.54, 1.807) is 0 Å². The third-order valence-corrected chi connectivity index (χ3v) is 3.78. The topological polar surface area (TPSA) is 37.3 Å². The Kier molecular flexibility index (Phi) is 11.8. The number of aliphatic carboxylic acids is 1. The quantitative estimate of drug-likeness (QED) is 0.439. The van der Waals surface area contributed by atoms with Gasteiger partial charge in [0.2, 0.25) is 0 Å². The molecule has 1 unspecified atom stereocenters. The summed E-state index contributed by atoms with van der Waals surface area (Å²) >= 11 is 6.43. The summed E-state index contributed by atoms with van der Waals surface area (Å²) in [4.78, 5) is 10.3. The van der Waals surface area contributed by atoms with Gasteiger partial charge in [-0.3, -0.25) is 4.79 Å². The standard InChI is InChI=1S/C12H24O2S2/c1-16-10-6-2-3-7-11(15)8-4-5-9-12(13)14/h11,15H,2-10H2,1H3,(H,13,14). The fourth-order valence-electron chi connectivity index (χ4n) is 1.60. The maximum Gasteiger partial charge on any atom is 0.303 e. The first-order chi connectivity index (χ1) is 7.66. The third kappa shape index (κ3) is 12.2. The Morgan fingerprint density at radius 1 is 1.19 bits per heavy atom. The summed E-state index contributed by atoms with van der Waals surface area (Å²) in [7, 11) is 0. The summed E-state index contributed by atoms with van der Waals surface area (Å²) in [5, 5.41) is 8.94. The van der Waals surface area contributed by atoms with Gasteiger partial charge in [0.1, 0.15) is 0 Å². The van der Waals surface area contributed by atoms with Gasteiger partial charge in [0, 0.05) is 11.7 Å². The van der Waals surface area contributed by atoms with Crippen LogP contribution in [0.15, 0.2) is 0 Å². The van der Waals surface area contributed by atoms with Crippen LogP contribution in [0.5, 0.6) is 0 Å². The smallest absolute Gasteiger partial charge is 0.303 e. The van der Waals surface area contributed by atoms with Gasteiger partial charge in [-0.15, -0.1) is 0 Å². The van der Waals surface area contributed by atoms with Gasteiger partial charge < -0.3 is 5.11 Å². The highest BCUT2D eigenvalue weighted by Gasteiger charge is 2.03. The molecule has 2 nitrogen and oxygen atoms in total. The number of carbonyl (C=O) groups is 1. The van der Waals surface area contributed by atoms with E-state index in [2.05, 4.69) is 18.9 Å². The van der Waals surface area contributed by atoms with Crippen LogP contribution in [0.1, 0.15) is 51.4 Å². The maximum absolute atomic E-state index is 10.3. The third-order valence-electron chi connectivity index (χ3n) is 2.56. The molecule has 0 heterocycles. The number of unbranched alkanes of at least 4 members (excludes halogenated alkanes) is 3. The Balaban J connectivity index is 3.18. The number of thioether (sulfide) groups is 1. The van der Waals surface area contributed by atoms with E-state index in [0.717, 1.165) is 19.3 Å². The molecule has 1 N–H and O–H groups in total. The minimum atomic E-state index is -0.687. The van der Waals surface area contributed by atoms with Gasteiger partial charge in [0.05, 0.1) is 0 Å². The molecule has 0 aromatic carbocycles. The van der Waals surface area contributed by atoms with Crippen molar-refractivity contribution in [2.24, 2.45) is 0 Å². The van der Waals surface area contributed by atoms with Gasteiger partial charge in [-0.25, -0.2) is 0 Å². The molecule has 1 atom stereocenters. The highest BCUT2D eigenvalue weighted by Crippen LogP contribution is 2.16. The van der Waals surface area contributed by atoms with Crippen molar-refractivity contribution in [1.29, 1.82) is 0 Å². The van der Waals surface area contributed by atoms with Crippen LogP contribution in [0.4, 0.5) is 0 Å². The lowest BCUT2D eigenvalue weighted by molar-refractivity contribution is -0.137. The lowest BCUT2D eigenvalue weighted by Gasteiger charge is -2.09. The summed E-state index contributed by atoms with van der Waals surface area (Å²) < 4.78 is 0. The number of hydrogen-bond acceptors (Lipinski definition) is 3. The van der Waals surface area contributed by atoms with Crippen molar-refractivity contribution >= 4 is 30.4 Å². The van der Waals surface area contributed by atoms with Gasteiger partial charge in [-0.05, 0) is 37.7 Å². The summed E-state index contributed by atoms with van der Waals surface area (Å²) in [6.07, 6.45) is 10.3. The van der Waals surface area contributed by atoms with E-state index < -0.39 is 5.97 Å². The second-order valence-corrected chi connectivity index (χ2v) is 5.85. The number of rotatable bonds is 11. The van der Waals surface area contributed by atoms with E-state index in [9.17, 15) is 4.79 Å². The van der Waals surface area contributed by atoms with Gasteiger partial charge in [0.15, 0.2) is 0 Å². The van der Waals surface area contributed by atoms with Crippen LogP contribution in [0, 0.1) is 0 Å². The first-order valence-electron chi connectivity index (χ1n) is 6.05. The highest BCUT2D eigenvalue weighted by atomic mass is 32.2. The number of carboxylic acid groups (broad SMARTS) is 1. The van der Waals surface area contributed by atoms with Crippen LogP contribution in [-0.2, 0) is 4.79 Å². The van der Waals surface area contributed by atoms with Crippen LogP contribution >= 0.6 is 24.4 Å². The van der Waals surface area contributed by atoms with Crippen molar-refractivity contribution in [3.8, 4) is 0 Å². The van der Waals surface area contributed by atoms with E-state index in [-0.39, 0.29) is 0 Å². The van der Waals surface area contributed by atoms with Gasteiger partial charge >= 0.3 is 5.97 Å². The second-order valence-electron chi connectivity index (χ2n) is 4.14. The predicted molar refractivity (Wildman–Crippen MR) is 75.7 cm³/mol. The van der Waals surface area contributed by atoms with Crippen molar-refractivity contribution in [1.82, 2.24) is 0 Å². The molecule has 0 aromatic heterocycles. The van der Waals surface area contributed by atoms with E-state index >= 15 is 0 Å². The average Bonchev–Trinajstić information content (AvgIpc) is 2.24. The Morgan fingerprint density at radius 3 is 2.38 bits per heavy atom. The van der Waals surface area contributed by atoms with Crippen LogP contribution in [0.3, 0.4) is 0 Å². The molecule has 0 aromatic rings. The number of hydrogen-bond donors (Lipinski definition) is 2. The molecule has 4 heteroatoms. The summed E-state index contributed by atoms with van der Waals surface area (Å²) in [6.45, 7) is 0. The molecule has 16 heavy (non-hydrogen) atoms. The Hall–Kier alpha value is 0.170. The zero-order valence-corrected chi connectivity index (χ0v) is 11.9. The van der Waals surface area contributed by atoms with Crippen molar-refractivity contribution in [3.05, 3.63) is 0 Å². The summed E-state index contributed by atoms with van der Waals surface area (Å²) in [5.74, 6) is 0.573. The van der Waals surface area contributed by atoms with Crippen molar-refractivity contribution < 1.29 is 9.90 Å². The SMILES string of the molecule is CSCCCCCC(S)CCCCC(=O)O. The largest absolute Gasteiger partial charge is 0.481 e. The molecule has 0 spiro atoms. The lowest BCUT2D eigenvalue weighted by Crippen LogP contribution is -2.00. The van der Waals surface area contributed by atoms with Crippen LogP contribution < -0.4 is 0 Å². The molecule has 96 valence electrons. The molecule has 0 saturated carbocycles. The number of thiol groups is 1. The zero-order valence-electron chi connectivity index (χ0n) is 10.2. The average molecular weight is 264 g/mol. The summed E-state index contributed by atoms with van der Waals surface area (Å²) in [6, 6.07) is 0. The first-order valence-corrected chi connectivity index (χ1v) is 7.96. The van der Waals surface area contributed by atoms with Crippen molar-refractivity contribution in [3.63, 3.8) is 0 Å². The molecule has 0 aliphatic rings. The van der Waals surface area contributed by atoms with Gasteiger partial charge in [-0.1, -0.05) is 19.3 Å². The normalized spacial score (nSPS) is 12.6. The molecule has 0 fully saturated rings. The van der Waals surface area contributed by atoms with Crippen LogP contribution in [0.25, 0.3) is 0 Å². The first kappa shape index (κ1) is 16.2. The maximum atomic E-state index is 10.3. The molecule has 0 aliphatic carbocycles.